The van der Waals surface area contributed by atoms with Crippen molar-refractivity contribution in [3.05, 3.63) is 36.0 Å². The van der Waals surface area contributed by atoms with Crippen LogP contribution in [-0.4, -0.2) is 34.4 Å². The Morgan fingerprint density at radius 3 is 2.80 bits per heavy atom. The van der Waals surface area contributed by atoms with E-state index in [2.05, 4.69) is 46.3 Å². The van der Waals surface area contributed by atoms with Crippen LogP contribution < -0.4 is 10.2 Å². The van der Waals surface area contributed by atoms with Gasteiger partial charge >= 0.3 is 0 Å². The number of benzene rings is 1. The van der Waals surface area contributed by atoms with Crippen molar-refractivity contribution < 1.29 is 9.63 Å². The van der Waals surface area contributed by atoms with E-state index in [0.717, 1.165) is 56.0 Å². The van der Waals surface area contributed by atoms with E-state index in [1.165, 1.54) is 0 Å². The summed E-state index contributed by atoms with van der Waals surface area (Å²) in [6.07, 6.45) is 3.39. The van der Waals surface area contributed by atoms with Crippen LogP contribution in [0.25, 0.3) is 0 Å². The number of nitrogens with zero attached hydrogens (tertiary/aromatic N) is 3. The number of hydrogen-bond acceptors (Lipinski definition) is 6. The van der Waals surface area contributed by atoms with Crippen LogP contribution in [0.3, 0.4) is 0 Å². The van der Waals surface area contributed by atoms with Gasteiger partial charge in [-0.1, -0.05) is 31.1 Å². The summed E-state index contributed by atoms with van der Waals surface area (Å²) >= 11 is 0. The zero-order chi connectivity index (χ0) is 17.6. The lowest BCUT2D eigenvalue weighted by molar-refractivity contribution is 0.145. The molecule has 0 unspecified atom stereocenters. The third kappa shape index (κ3) is 4.95. The van der Waals surface area contributed by atoms with E-state index in [0.29, 0.717) is 18.4 Å². The van der Waals surface area contributed by atoms with E-state index in [1.807, 2.05) is 12.1 Å². The molecule has 136 valence electrons. The summed E-state index contributed by atoms with van der Waals surface area (Å²) in [6, 6.07) is 8.24. The molecule has 3 rings (SSSR count). The van der Waals surface area contributed by atoms with Crippen molar-refractivity contribution in [1.82, 2.24) is 10.1 Å². The van der Waals surface area contributed by atoms with E-state index < -0.39 is 0 Å². The lowest BCUT2D eigenvalue weighted by Gasteiger charge is -2.32. The molecule has 6 heteroatoms. The number of para-hydroxylation sites is 2. The van der Waals surface area contributed by atoms with Crippen LogP contribution in [0.4, 0.5) is 11.4 Å². The maximum Gasteiger partial charge on any atom is 0.245 e. The van der Waals surface area contributed by atoms with Crippen LogP contribution in [-0.2, 0) is 13.0 Å². The summed E-state index contributed by atoms with van der Waals surface area (Å²) in [7, 11) is 0. The summed E-state index contributed by atoms with van der Waals surface area (Å²) in [5, 5.41) is 17.2. The Kier molecular flexibility index (Phi) is 5.91. The number of hydrogen-bond donors (Lipinski definition) is 2. The van der Waals surface area contributed by atoms with Crippen LogP contribution in [0.5, 0.6) is 0 Å². The summed E-state index contributed by atoms with van der Waals surface area (Å²) < 4.78 is 5.35. The van der Waals surface area contributed by atoms with Gasteiger partial charge < -0.3 is 19.8 Å². The second kappa shape index (κ2) is 8.34. The zero-order valence-electron chi connectivity index (χ0n) is 15.1. The first-order valence-electron chi connectivity index (χ1n) is 9.19. The molecule has 2 aromatic rings. The van der Waals surface area contributed by atoms with Crippen LogP contribution in [0.15, 0.2) is 28.8 Å². The fourth-order valence-corrected chi connectivity index (χ4v) is 3.06. The molecule has 25 heavy (non-hydrogen) atoms. The van der Waals surface area contributed by atoms with Crippen molar-refractivity contribution >= 4 is 11.4 Å². The highest BCUT2D eigenvalue weighted by Gasteiger charge is 2.19. The molecule has 0 atom stereocenters. The minimum atomic E-state index is -0.168. The number of nitrogens with one attached hydrogen (secondary N) is 1. The minimum Gasteiger partial charge on any atom is -0.393 e. The molecule has 0 saturated carbocycles. The average Bonchev–Trinajstić information content (AvgIpc) is 3.07. The quantitative estimate of drug-likeness (QED) is 0.803. The van der Waals surface area contributed by atoms with Crippen molar-refractivity contribution in [2.24, 2.45) is 5.92 Å². The molecule has 6 nitrogen and oxygen atoms in total. The Balaban J connectivity index is 1.60. The molecule has 1 aliphatic rings. The number of rotatable bonds is 7. The fraction of sp³-hybridized carbons (Fsp3) is 0.579. The maximum atomic E-state index is 9.71. The van der Waals surface area contributed by atoms with Gasteiger partial charge in [-0.25, -0.2) is 0 Å². The average molecular weight is 344 g/mol. The van der Waals surface area contributed by atoms with Gasteiger partial charge in [0.15, 0.2) is 5.82 Å². The standard InChI is InChI=1S/C19H28N4O2/c1-14(2)7-8-18-21-19(25-22-18)13-20-16-5-3-4-6-17(16)23-11-9-15(24)10-12-23/h3-6,14-15,20,24H,7-13H2,1-2H3. The zero-order valence-corrected chi connectivity index (χ0v) is 15.1. The molecule has 0 spiro atoms. The summed E-state index contributed by atoms with van der Waals surface area (Å²) in [5.41, 5.74) is 2.22. The Morgan fingerprint density at radius 1 is 1.28 bits per heavy atom. The Bertz CT molecular complexity index is 663. The van der Waals surface area contributed by atoms with E-state index in [-0.39, 0.29) is 6.10 Å². The Labute approximate surface area is 149 Å². The van der Waals surface area contributed by atoms with Crippen molar-refractivity contribution in [3.8, 4) is 0 Å². The molecule has 0 aliphatic carbocycles. The van der Waals surface area contributed by atoms with E-state index >= 15 is 0 Å². The van der Waals surface area contributed by atoms with Crippen LogP contribution in [0.2, 0.25) is 0 Å². The van der Waals surface area contributed by atoms with Gasteiger partial charge in [-0.05, 0) is 37.3 Å². The molecule has 1 fully saturated rings. The van der Waals surface area contributed by atoms with Crippen molar-refractivity contribution in [1.29, 1.82) is 0 Å². The lowest BCUT2D eigenvalue weighted by atomic mass is 10.1. The second-order valence-corrected chi connectivity index (χ2v) is 7.13. The van der Waals surface area contributed by atoms with Gasteiger partial charge in [0.1, 0.15) is 0 Å². The monoisotopic (exact) mass is 344 g/mol. The first kappa shape index (κ1) is 17.7. The van der Waals surface area contributed by atoms with E-state index in [9.17, 15) is 5.11 Å². The normalized spacial score (nSPS) is 15.8. The summed E-state index contributed by atoms with van der Waals surface area (Å²) in [4.78, 5) is 6.78. The highest BCUT2D eigenvalue weighted by atomic mass is 16.5. The SMILES string of the molecule is CC(C)CCc1noc(CNc2ccccc2N2CCC(O)CC2)n1. The predicted octanol–water partition coefficient (Wildman–Crippen LogP) is 3.23. The van der Waals surface area contributed by atoms with Crippen LogP contribution >= 0.6 is 0 Å². The summed E-state index contributed by atoms with van der Waals surface area (Å²) in [6.45, 7) is 6.65. The number of aromatic nitrogens is 2. The second-order valence-electron chi connectivity index (χ2n) is 7.13. The molecular formula is C19H28N4O2. The molecule has 2 heterocycles. The number of aryl methyl sites for hydroxylation is 1. The number of anilines is 2. The molecule has 0 bridgehead atoms. The molecule has 2 N–H and O–H groups in total. The minimum absolute atomic E-state index is 0.168. The number of aliphatic hydroxyl groups is 1. The highest BCUT2D eigenvalue weighted by molar-refractivity contribution is 5.70. The number of aliphatic hydroxyl groups excluding tert-OH is 1. The lowest BCUT2D eigenvalue weighted by Crippen LogP contribution is -2.36. The third-order valence-electron chi connectivity index (χ3n) is 4.59. The molecule has 1 aromatic heterocycles. The predicted molar refractivity (Wildman–Crippen MR) is 98.7 cm³/mol. The molecular weight excluding hydrogens is 316 g/mol. The fourth-order valence-electron chi connectivity index (χ4n) is 3.06. The van der Waals surface area contributed by atoms with Crippen LogP contribution in [0.1, 0.15) is 44.8 Å². The van der Waals surface area contributed by atoms with Gasteiger partial charge in [0.25, 0.3) is 0 Å². The van der Waals surface area contributed by atoms with Crippen molar-refractivity contribution in [2.45, 2.75) is 52.2 Å². The summed E-state index contributed by atoms with van der Waals surface area (Å²) in [5.74, 6) is 2.03. The first-order chi connectivity index (χ1) is 12.1. The Hall–Kier alpha value is -2.08. The first-order valence-corrected chi connectivity index (χ1v) is 9.19. The van der Waals surface area contributed by atoms with Gasteiger partial charge in [-0.2, -0.15) is 4.98 Å². The van der Waals surface area contributed by atoms with Gasteiger partial charge in [-0.3, -0.25) is 0 Å². The molecule has 1 aliphatic heterocycles. The highest BCUT2D eigenvalue weighted by Crippen LogP contribution is 2.28. The van der Waals surface area contributed by atoms with Gasteiger partial charge in [0, 0.05) is 19.5 Å². The van der Waals surface area contributed by atoms with Gasteiger partial charge in [0.2, 0.25) is 5.89 Å². The Morgan fingerprint density at radius 2 is 2.04 bits per heavy atom. The van der Waals surface area contributed by atoms with E-state index in [4.69, 9.17) is 4.52 Å². The van der Waals surface area contributed by atoms with Gasteiger partial charge in [0.05, 0.1) is 24.0 Å². The molecule has 1 saturated heterocycles. The van der Waals surface area contributed by atoms with Gasteiger partial charge in [-0.15, -0.1) is 0 Å². The molecule has 1 aromatic carbocycles. The topological polar surface area (TPSA) is 74.4 Å². The number of piperidine rings is 1. The van der Waals surface area contributed by atoms with E-state index in [1.54, 1.807) is 0 Å². The smallest absolute Gasteiger partial charge is 0.245 e. The molecule has 0 amide bonds. The maximum absolute atomic E-state index is 9.71. The molecule has 0 radical (unpaired) electrons. The largest absolute Gasteiger partial charge is 0.393 e. The van der Waals surface area contributed by atoms with Crippen molar-refractivity contribution in [2.75, 3.05) is 23.3 Å². The third-order valence-corrected chi connectivity index (χ3v) is 4.59. The van der Waals surface area contributed by atoms with Crippen LogP contribution in [0, 0.1) is 5.92 Å². The van der Waals surface area contributed by atoms with Crippen molar-refractivity contribution in [3.63, 3.8) is 0 Å².